The predicted octanol–water partition coefficient (Wildman–Crippen LogP) is 5.35. The summed E-state index contributed by atoms with van der Waals surface area (Å²) in [6.45, 7) is 6.40. The second-order valence-corrected chi connectivity index (χ2v) is 15.4. The molecule has 3 fully saturated rings. The van der Waals surface area contributed by atoms with E-state index in [-0.39, 0.29) is 49.8 Å². The van der Waals surface area contributed by atoms with Gasteiger partial charge < -0.3 is 34.4 Å². The lowest BCUT2D eigenvalue weighted by Gasteiger charge is -2.38. The van der Waals surface area contributed by atoms with Crippen molar-refractivity contribution in [2.75, 3.05) is 44.7 Å². The summed E-state index contributed by atoms with van der Waals surface area (Å²) in [5.41, 5.74) is -0.590. The van der Waals surface area contributed by atoms with Crippen LogP contribution in [-0.2, 0) is 17.8 Å². The van der Waals surface area contributed by atoms with Gasteiger partial charge in [-0.2, -0.15) is 9.97 Å². The molecule has 2 aromatic carbocycles. The number of phenols is 1. The third kappa shape index (κ3) is 6.20. The Kier molecular flexibility index (Phi) is 8.73. The number of aromatic hydroxyl groups is 1. The summed E-state index contributed by atoms with van der Waals surface area (Å²) >= 11 is 2.20. The average molecular weight is 778 g/mol. The van der Waals surface area contributed by atoms with Crippen molar-refractivity contribution in [1.82, 2.24) is 19.8 Å². The molecule has 2 N–H and O–H groups in total. The van der Waals surface area contributed by atoms with E-state index < -0.39 is 23.0 Å². The van der Waals surface area contributed by atoms with Crippen LogP contribution in [0.2, 0.25) is 0 Å². The monoisotopic (exact) mass is 777 g/mol. The van der Waals surface area contributed by atoms with Gasteiger partial charge in [0, 0.05) is 60.8 Å². The SMILES string of the molecule is COC1CCN(C[C@@]2([C@@H](C)Oc3nc4c(c(N5CCC[C@@](C)(O)C5)n3)CN(C(=O)c3cc(O)cc5cccc(I)c35)C4)CC2(F)F)CC1. The highest BCUT2D eigenvalue weighted by Crippen LogP contribution is 2.63. The quantitative estimate of drug-likeness (QED) is 0.293. The van der Waals surface area contributed by atoms with Gasteiger partial charge in [0.15, 0.2) is 0 Å². The van der Waals surface area contributed by atoms with Gasteiger partial charge in [-0.15, -0.1) is 0 Å². The normalized spacial score (nSPS) is 26.5. The van der Waals surface area contributed by atoms with Crippen molar-refractivity contribution in [3.8, 4) is 11.8 Å². The number of likely N-dealkylation sites (tertiary alicyclic amines) is 1. The van der Waals surface area contributed by atoms with Crippen molar-refractivity contribution < 1.29 is 33.3 Å². The van der Waals surface area contributed by atoms with Gasteiger partial charge in [0.2, 0.25) is 0 Å². The molecule has 3 atom stereocenters. The van der Waals surface area contributed by atoms with E-state index in [2.05, 4.69) is 27.5 Å². The predicted molar refractivity (Wildman–Crippen MR) is 185 cm³/mol. The van der Waals surface area contributed by atoms with Crippen LogP contribution in [0.1, 0.15) is 67.6 Å². The summed E-state index contributed by atoms with van der Waals surface area (Å²) in [5.74, 6) is -2.59. The van der Waals surface area contributed by atoms with Crippen LogP contribution in [0.4, 0.5) is 14.6 Å². The highest BCUT2D eigenvalue weighted by Gasteiger charge is 2.75. The van der Waals surface area contributed by atoms with Gasteiger partial charge in [0.05, 0.1) is 41.5 Å². The standard InChI is InChI=1S/C35H42F2IN5O5/c1-21(34(18-35(34,36)37)20-41-12-8-24(47-3)9-13-41)48-32-39-28-17-43(16-26(28)30(40-32)42-11-5-10-33(2,46)19-42)31(45)25-15-23(44)14-22-6-4-7-27(38)29(22)25/h4,6-7,14-15,21,24,44,46H,5,8-13,16-20H2,1-3H3/t21-,33-,34-/m1/s1. The second kappa shape index (κ2) is 12.5. The number of benzene rings is 2. The largest absolute Gasteiger partial charge is 0.508 e. The molecule has 1 aliphatic carbocycles. The van der Waals surface area contributed by atoms with E-state index in [9.17, 15) is 15.0 Å². The van der Waals surface area contributed by atoms with E-state index in [0.717, 1.165) is 39.2 Å². The molecule has 2 saturated heterocycles. The van der Waals surface area contributed by atoms with E-state index in [1.54, 1.807) is 31.9 Å². The van der Waals surface area contributed by atoms with Crippen molar-refractivity contribution in [2.24, 2.45) is 5.41 Å². The number of piperidine rings is 2. The number of aromatic nitrogens is 2. The van der Waals surface area contributed by atoms with Crippen LogP contribution in [0.3, 0.4) is 0 Å². The lowest BCUT2D eigenvalue weighted by Crippen LogP contribution is -2.47. The topological polar surface area (TPSA) is 111 Å². The van der Waals surface area contributed by atoms with Gasteiger partial charge in [-0.1, -0.05) is 12.1 Å². The number of nitrogens with zero attached hydrogens (tertiary/aromatic N) is 5. The fraction of sp³-hybridized carbons (Fsp3) is 0.571. The Hall–Kier alpha value is -2.88. The maximum Gasteiger partial charge on any atom is 0.318 e. The Bertz CT molecular complexity index is 1740. The molecular weight excluding hydrogens is 735 g/mol. The van der Waals surface area contributed by atoms with E-state index in [4.69, 9.17) is 19.4 Å². The van der Waals surface area contributed by atoms with Gasteiger partial charge in [0.1, 0.15) is 17.7 Å². The van der Waals surface area contributed by atoms with Gasteiger partial charge in [0.25, 0.3) is 11.8 Å². The fourth-order valence-corrected chi connectivity index (χ4v) is 8.66. The maximum absolute atomic E-state index is 15.2. The lowest BCUT2D eigenvalue weighted by atomic mass is 9.95. The number of phenolic OH excluding ortho intramolecular Hbond substituents is 1. The zero-order valence-corrected chi connectivity index (χ0v) is 29.7. The second-order valence-electron chi connectivity index (χ2n) is 14.3. The molecule has 258 valence electrons. The first kappa shape index (κ1) is 33.6. The zero-order chi connectivity index (χ0) is 34.0. The minimum Gasteiger partial charge on any atom is -0.508 e. The van der Waals surface area contributed by atoms with Crippen molar-refractivity contribution in [3.05, 3.63) is 50.7 Å². The minimum absolute atomic E-state index is 0.000798. The molecular formula is C35H42F2IN5O5. The first-order valence-electron chi connectivity index (χ1n) is 16.7. The molecule has 1 amide bonds. The Balaban J connectivity index is 1.19. The lowest BCUT2D eigenvalue weighted by molar-refractivity contribution is -0.0244. The highest BCUT2D eigenvalue weighted by atomic mass is 127. The van der Waals surface area contributed by atoms with Gasteiger partial charge in [-0.25, -0.2) is 8.78 Å². The van der Waals surface area contributed by atoms with Crippen LogP contribution in [0.15, 0.2) is 30.3 Å². The van der Waals surface area contributed by atoms with Crippen LogP contribution in [-0.4, -0.2) is 99.5 Å². The van der Waals surface area contributed by atoms with Crippen LogP contribution in [0, 0.1) is 8.99 Å². The number of hydrogen-bond donors (Lipinski definition) is 2. The number of carbonyl (C=O) groups is 1. The summed E-state index contributed by atoms with van der Waals surface area (Å²) < 4.78 is 43.0. The number of halogens is 3. The first-order chi connectivity index (χ1) is 22.8. The summed E-state index contributed by atoms with van der Waals surface area (Å²) in [7, 11) is 1.69. The smallest absolute Gasteiger partial charge is 0.318 e. The fourth-order valence-electron chi connectivity index (χ4n) is 7.85. The number of methoxy groups -OCH3 is 1. The van der Waals surface area contributed by atoms with Crippen molar-refractivity contribution in [1.29, 1.82) is 0 Å². The molecule has 0 unspecified atom stereocenters. The van der Waals surface area contributed by atoms with Crippen LogP contribution in [0.5, 0.6) is 11.8 Å². The molecule has 0 spiro atoms. The number of rotatable bonds is 8. The Morgan fingerprint density at radius 3 is 2.60 bits per heavy atom. The van der Waals surface area contributed by atoms with Gasteiger partial charge >= 0.3 is 6.01 Å². The number of β-amino-alcohol motifs (C(OH)–C–C–N with tert-alkyl or cyclic N) is 1. The summed E-state index contributed by atoms with van der Waals surface area (Å²) in [6, 6.07) is 8.79. The number of carbonyl (C=O) groups excluding carboxylic acids is 1. The van der Waals surface area contributed by atoms with Crippen LogP contribution in [0.25, 0.3) is 10.8 Å². The molecule has 48 heavy (non-hydrogen) atoms. The first-order valence-corrected chi connectivity index (χ1v) is 17.7. The third-order valence-electron chi connectivity index (χ3n) is 10.7. The van der Waals surface area contributed by atoms with Crippen molar-refractivity contribution >= 4 is 45.1 Å². The minimum atomic E-state index is -2.87. The molecule has 1 saturated carbocycles. The average Bonchev–Trinajstić information content (AvgIpc) is 3.35. The molecule has 0 bridgehead atoms. The summed E-state index contributed by atoms with van der Waals surface area (Å²) in [5, 5.41) is 23.0. The Labute approximate surface area is 292 Å². The number of ether oxygens (including phenoxy) is 2. The van der Waals surface area contributed by atoms with Gasteiger partial charge in [-0.05, 0) is 85.7 Å². The molecule has 1 aromatic heterocycles. The number of hydrogen-bond acceptors (Lipinski definition) is 9. The molecule has 13 heteroatoms. The number of alkyl halides is 2. The number of aliphatic hydroxyl groups is 1. The number of fused-ring (bicyclic) bond motifs is 2. The molecule has 10 nitrogen and oxygen atoms in total. The van der Waals surface area contributed by atoms with Crippen LogP contribution < -0.4 is 9.64 Å². The van der Waals surface area contributed by atoms with E-state index in [1.165, 1.54) is 6.07 Å². The van der Waals surface area contributed by atoms with Crippen molar-refractivity contribution in [2.45, 2.75) is 82.8 Å². The zero-order valence-electron chi connectivity index (χ0n) is 27.5. The molecule has 7 rings (SSSR count). The highest BCUT2D eigenvalue weighted by molar-refractivity contribution is 14.1. The molecule has 3 aromatic rings. The Morgan fingerprint density at radius 2 is 1.92 bits per heavy atom. The number of amides is 1. The van der Waals surface area contributed by atoms with Crippen molar-refractivity contribution in [3.63, 3.8) is 0 Å². The molecule has 0 radical (unpaired) electrons. The molecule has 4 aliphatic rings. The van der Waals surface area contributed by atoms with Gasteiger partial charge in [-0.3, -0.25) is 4.79 Å². The summed E-state index contributed by atoms with van der Waals surface area (Å²) in [4.78, 5) is 29.4. The van der Waals surface area contributed by atoms with E-state index in [0.29, 0.717) is 49.7 Å². The summed E-state index contributed by atoms with van der Waals surface area (Å²) in [6.07, 6.45) is 2.00. The number of anilines is 1. The van der Waals surface area contributed by atoms with E-state index >= 15 is 8.78 Å². The molecule has 4 heterocycles. The third-order valence-corrected chi connectivity index (χ3v) is 11.6. The Morgan fingerprint density at radius 1 is 1.17 bits per heavy atom. The maximum atomic E-state index is 15.2. The molecule has 3 aliphatic heterocycles. The van der Waals surface area contributed by atoms with E-state index in [1.807, 2.05) is 23.1 Å². The van der Waals surface area contributed by atoms with Crippen LogP contribution >= 0.6 is 22.6 Å².